The van der Waals surface area contributed by atoms with Gasteiger partial charge in [-0.1, -0.05) is 66.7 Å². The molecule has 11 nitrogen and oxygen atoms in total. The Kier molecular flexibility index (Phi) is 8.54. The third kappa shape index (κ3) is 5.46. The fourth-order valence-electron chi connectivity index (χ4n) is 4.43. The Balaban J connectivity index is 1.61. The van der Waals surface area contributed by atoms with Gasteiger partial charge in [-0.15, -0.1) is 5.11 Å². The first-order valence-electron chi connectivity index (χ1n) is 13.0. The van der Waals surface area contributed by atoms with Gasteiger partial charge in [0.25, 0.3) is 11.8 Å². The highest BCUT2D eigenvalue weighted by Gasteiger charge is 2.52. The lowest BCUT2D eigenvalue weighted by molar-refractivity contribution is -0.300. The second-order valence-electron chi connectivity index (χ2n) is 9.25. The van der Waals surface area contributed by atoms with Gasteiger partial charge < -0.3 is 0 Å². The molecule has 3 aromatic carbocycles. The molecule has 0 bridgehead atoms. The van der Waals surface area contributed by atoms with Gasteiger partial charge in [0, 0.05) is 11.1 Å². The number of aromatic nitrogens is 1. The van der Waals surface area contributed by atoms with Crippen LogP contribution in [0.3, 0.4) is 0 Å². The van der Waals surface area contributed by atoms with Crippen molar-refractivity contribution in [2.45, 2.75) is 33.4 Å². The second kappa shape index (κ2) is 12.3. The third-order valence-corrected chi connectivity index (χ3v) is 8.93. The van der Waals surface area contributed by atoms with Crippen LogP contribution in [-0.4, -0.2) is 37.3 Å². The molecular weight excluding hydrogens is 578 g/mol. The largest absolute Gasteiger partial charge is 0.339 e. The number of para-hydroxylation sites is 2. The Morgan fingerprint density at radius 1 is 0.833 bits per heavy atom. The van der Waals surface area contributed by atoms with Gasteiger partial charge in [-0.05, 0) is 55.6 Å². The van der Waals surface area contributed by atoms with Gasteiger partial charge in [0.15, 0.2) is 5.00 Å². The SMILES string of the molecule is CCOOCc1c(-c2ccccc2)nsc1N=NC1C(=O)N(c2ccccc2C)S(=O)(=O)N(c2ccccc2C)C1=O. The molecule has 2 amide bonds. The standard InChI is InChI=1S/C29H27N5O6S2/c1-4-39-40-18-22-25(21-14-6-5-7-15-21)32-41-27(22)31-30-26-28(35)33(23-16-10-8-12-19(23)2)42(37,38)34(29(26)36)24-17-11-9-13-20(24)3/h5-17,26H,4,18H2,1-3H3. The first-order chi connectivity index (χ1) is 20.3. The minimum atomic E-state index is -4.67. The van der Waals surface area contributed by atoms with Crippen molar-refractivity contribution >= 4 is 49.9 Å². The number of azo groups is 1. The van der Waals surface area contributed by atoms with Crippen LogP contribution in [0.2, 0.25) is 0 Å². The maximum Gasteiger partial charge on any atom is 0.339 e. The van der Waals surface area contributed by atoms with E-state index >= 15 is 0 Å². The summed E-state index contributed by atoms with van der Waals surface area (Å²) in [6, 6.07) is 20.6. The Hall–Kier alpha value is -4.30. The summed E-state index contributed by atoms with van der Waals surface area (Å²) in [5, 5.41) is 8.68. The minimum Gasteiger partial charge on any atom is -0.270 e. The number of hydrogen-bond donors (Lipinski definition) is 0. The van der Waals surface area contributed by atoms with Crippen LogP contribution in [0.25, 0.3) is 11.3 Å². The molecule has 0 spiro atoms. The van der Waals surface area contributed by atoms with Crippen molar-refractivity contribution in [2.75, 3.05) is 15.2 Å². The highest BCUT2D eigenvalue weighted by Crippen LogP contribution is 2.38. The zero-order valence-electron chi connectivity index (χ0n) is 23.0. The van der Waals surface area contributed by atoms with Crippen LogP contribution < -0.4 is 8.61 Å². The quantitative estimate of drug-likeness (QED) is 0.0790. The van der Waals surface area contributed by atoms with Gasteiger partial charge in [-0.3, -0.25) is 9.59 Å². The summed E-state index contributed by atoms with van der Waals surface area (Å²) in [4.78, 5) is 38.0. The number of rotatable bonds is 9. The van der Waals surface area contributed by atoms with Gasteiger partial charge in [-0.25, -0.2) is 9.78 Å². The van der Waals surface area contributed by atoms with Gasteiger partial charge in [0.1, 0.15) is 6.61 Å². The molecule has 0 unspecified atom stereocenters. The summed E-state index contributed by atoms with van der Waals surface area (Å²) in [6.07, 6.45) is 0. The Morgan fingerprint density at radius 2 is 1.38 bits per heavy atom. The monoisotopic (exact) mass is 605 g/mol. The molecule has 0 aliphatic carbocycles. The summed E-state index contributed by atoms with van der Waals surface area (Å²) in [6.45, 7) is 5.43. The van der Waals surface area contributed by atoms with E-state index in [9.17, 15) is 18.0 Å². The van der Waals surface area contributed by atoms with Crippen LogP contribution >= 0.6 is 11.5 Å². The van der Waals surface area contributed by atoms with E-state index < -0.39 is 28.1 Å². The molecule has 0 atom stereocenters. The summed E-state index contributed by atoms with van der Waals surface area (Å²) < 4.78 is 33.6. The van der Waals surface area contributed by atoms with Crippen molar-refractivity contribution in [3.8, 4) is 11.3 Å². The van der Waals surface area contributed by atoms with E-state index in [0.717, 1.165) is 17.1 Å². The van der Waals surface area contributed by atoms with E-state index in [2.05, 4.69) is 14.6 Å². The number of carbonyl (C=O) groups is 2. The molecule has 0 N–H and O–H groups in total. The fourth-order valence-corrected chi connectivity index (χ4v) is 6.90. The molecule has 13 heteroatoms. The topological polar surface area (TPSA) is 131 Å². The molecule has 2 heterocycles. The second-order valence-corrected chi connectivity index (χ2v) is 11.6. The van der Waals surface area contributed by atoms with E-state index in [1.165, 1.54) is 12.1 Å². The fraction of sp³-hybridized carbons (Fsp3) is 0.207. The highest BCUT2D eigenvalue weighted by atomic mass is 32.2. The van der Waals surface area contributed by atoms with Crippen LogP contribution in [0.1, 0.15) is 23.6 Å². The lowest BCUT2D eigenvalue weighted by Gasteiger charge is -2.37. The van der Waals surface area contributed by atoms with Crippen molar-refractivity contribution in [3.05, 3.63) is 95.6 Å². The summed E-state index contributed by atoms with van der Waals surface area (Å²) in [7, 11) is -4.67. The molecular formula is C29H27N5O6S2. The van der Waals surface area contributed by atoms with Gasteiger partial charge in [-0.2, -0.15) is 26.5 Å². The average molecular weight is 606 g/mol. The molecule has 5 rings (SSSR count). The molecule has 1 aliphatic heterocycles. The maximum absolute atomic E-state index is 13.9. The van der Waals surface area contributed by atoms with E-state index in [-0.39, 0.29) is 23.0 Å². The van der Waals surface area contributed by atoms with E-state index in [0.29, 0.717) is 37.6 Å². The molecule has 0 saturated carbocycles. The number of aryl methyl sites for hydroxylation is 2. The Morgan fingerprint density at radius 3 is 1.93 bits per heavy atom. The molecule has 1 fully saturated rings. The van der Waals surface area contributed by atoms with Gasteiger partial charge in [0.2, 0.25) is 6.04 Å². The molecule has 42 heavy (non-hydrogen) atoms. The van der Waals surface area contributed by atoms with Crippen LogP contribution in [0, 0.1) is 13.8 Å². The smallest absolute Gasteiger partial charge is 0.270 e. The predicted octanol–water partition coefficient (Wildman–Crippen LogP) is 5.67. The Bertz CT molecular complexity index is 1690. The number of amides is 2. The van der Waals surface area contributed by atoms with Crippen LogP contribution in [0.5, 0.6) is 0 Å². The number of carbonyl (C=O) groups excluding carboxylic acids is 2. The number of anilines is 2. The van der Waals surface area contributed by atoms with Crippen molar-refractivity contribution < 1.29 is 27.8 Å². The maximum atomic E-state index is 13.9. The lowest BCUT2D eigenvalue weighted by atomic mass is 10.1. The number of benzene rings is 3. The predicted molar refractivity (Wildman–Crippen MR) is 159 cm³/mol. The van der Waals surface area contributed by atoms with Gasteiger partial charge >= 0.3 is 10.2 Å². The number of hydrogen-bond acceptors (Lipinski definition) is 10. The zero-order valence-corrected chi connectivity index (χ0v) is 24.6. The van der Waals surface area contributed by atoms with Crippen LogP contribution in [-0.2, 0) is 36.2 Å². The number of nitrogens with zero attached hydrogens (tertiary/aromatic N) is 5. The lowest BCUT2D eigenvalue weighted by Crippen LogP contribution is -2.62. The summed E-state index contributed by atoms with van der Waals surface area (Å²) in [5.74, 6) is -2.08. The molecule has 4 aromatic rings. The first-order valence-corrected chi connectivity index (χ1v) is 15.2. The highest BCUT2D eigenvalue weighted by molar-refractivity contribution is 7.96. The molecule has 1 saturated heterocycles. The summed E-state index contributed by atoms with van der Waals surface area (Å²) >= 11 is 1.01. The van der Waals surface area contributed by atoms with Crippen LogP contribution in [0.4, 0.5) is 16.4 Å². The average Bonchev–Trinajstić information content (AvgIpc) is 3.38. The molecule has 1 aromatic heterocycles. The van der Waals surface area contributed by atoms with E-state index in [4.69, 9.17) is 9.78 Å². The molecule has 216 valence electrons. The molecule has 1 aliphatic rings. The van der Waals surface area contributed by atoms with Crippen molar-refractivity contribution in [1.29, 1.82) is 0 Å². The van der Waals surface area contributed by atoms with E-state index in [1.807, 2.05) is 30.3 Å². The van der Waals surface area contributed by atoms with Crippen molar-refractivity contribution in [1.82, 2.24) is 4.37 Å². The third-order valence-electron chi connectivity index (χ3n) is 6.48. The van der Waals surface area contributed by atoms with Gasteiger partial charge in [0.05, 0.1) is 23.7 Å². The molecule has 0 radical (unpaired) electrons. The van der Waals surface area contributed by atoms with E-state index in [1.54, 1.807) is 57.2 Å². The van der Waals surface area contributed by atoms with Crippen LogP contribution in [0.15, 0.2) is 89.1 Å². The minimum absolute atomic E-state index is 0.0193. The zero-order chi connectivity index (χ0) is 29.9. The van der Waals surface area contributed by atoms with Crippen molar-refractivity contribution in [2.24, 2.45) is 10.2 Å². The van der Waals surface area contributed by atoms with Crippen molar-refractivity contribution in [3.63, 3.8) is 0 Å². The summed E-state index contributed by atoms with van der Waals surface area (Å²) in [5.41, 5.74) is 3.20. The normalized spacial score (nSPS) is 15.6. The first kappa shape index (κ1) is 29.2. The Labute approximate surface area is 247 Å².